The average molecular weight is 206 g/mol. The van der Waals surface area contributed by atoms with Crippen molar-refractivity contribution in [1.29, 1.82) is 0 Å². The van der Waals surface area contributed by atoms with Crippen LogP contribution in [0.1, 0.15) is 17.9 Å². The lowest BCUT2D eigenvalue weighted by atomic mass is 10.1. The minimum Gasteiger partial charge on any atom is -0.468 e. The van der Waals surface area contributed by atoms with Crippen LogP contribution in [0.25, 0.3) is 0 Å². The molecule has 3 heteroatoms. The minimum atomic E-state index is 0.211. The van der Waals surface area contributed by atoms with E-state index < -0.39 is 0 Å². The molecule has 15 heavy (non-hydrogen) atoms. The molecule has 1 aliphatic carbocycles. The Morgan fingerprint density at radius 3 is 3.07 bits per heavy atom. The van der Waals surface area contributed by atoms with Crippen LogP contribution >= 0.6 is 0 Å². The number of benzene rings is 1. The standard InChI is InChI=1S/C12H14O3/c1-14-8-15-11-4-2-3-9(5-11)12-6-10(12)7-13/h2-5,7,10,12H,6,8H2,1H3. The molecule has 0 aromatic heterocycles. The summed E-state index contributed by atoms with van der Waals surface area (Å²) in [5.74, 6) is 1.40. The van der Waals surface area contributed by atoms with E-state index in [2.05, 4.69) is 0 Å². The van der Waals surface area contributed by atoms with Crippen molar-refractivity contribution in [2.24, 2.45) is 5.92 Å². The maximum atomic E-state index is 10.6. The van der Waals surface area contributed by atoms with Crippen molar-refractivity contribution in [1.82, 2.24) is 0 Å². The van der Waals surface area contributed by atoms with E-state index in [9.17, 15) is 4.79 Å². The highest BCUT2D eigenvalue weighted by Gasteiger charge is 2.37. The monoisotopic (exact) mass is 206 g/mol. The quantitative estimate of drug-likeness (QED) is 0.545. The first-order chi connectivity index (χ1) is 7.35. The van der Waals surface area contributed by atoms with Gasteiger partial charge in [-0.05, 0) is 30.0 Å². The Kier molecular flexibility index (Phi) is 3.02. The Bertz CT molecular complexity index is 348. The fourth-order valence-electron chi connectivity index (χ4n) is 1.71. The third-order valence-electron chi connectivity index (χ3n) is 2.64. The molecule has 0 amide bonds. The Hall–Kier alpha value is -1.35. The maximum absolute atomic E-state index is 10.6. The van der Waals surface area contributed by atoms with Crippen molar-refractivity contribution in [2.75, 3.05) is 13.9 Å². The number of hydrogen-bond donors (Lipinski definition) is 0. The average Bonchev–Trinajstić information content (AvgIpc) is 3.06. The first-order valence-corrected chi connectivity index (χ1v) is 5.02. The minimum absolute atomic E-state index is 0.211. The van der Waals surface area contributed by atoms with E-state index in [1.54, 1.807) is 7.11 Å². The summed E-state index contributed by atoms with van der Waals surface area (Å²) in [6.07, 6.45) is 2.00. The predicted molar refractivity (Wildman–Crippen MR) is 55.9 cm³/mol. The van der Waals surface area contributed by atoms with Crippen molar-refractivity contribution in [2.45, 2.75) is 12.3 Å². The lowest BCUT2D eigenvalue weighted by Crippen LogP contribution is -1.99. The first-order valence-electron chi connectivity index (χ1n) is 5.02. The second kappa shape index (κ2) is 4.45. The van der Waals surface area contributed by atoms with E-state index in [4.69, 9.17) is 9.47 Å². The maximum Gasteiger partial charge on any atom is 0.188 e. The lowest BCUT2D eigenvalue weighted by molar-refractivity contribution is -0.108. The third-order valence-corrected chi connectivity index (χ3v) is 2.64. The van der Waals surface area contributed by atoms with Gasteiger partial charge in [0.05, 0.1) is 0 Å². The molecule has 0 spiro atoms. The molecule has 0 N–H and O–H groups in total. The van der Waals surface area contributed by atoms with Gasteiger partial charge in [0.1, 0.15) is 12.0 Å². The number of hydrogen-bond acceptors (Lipinski definition) is 3. The van der Waals surface area contributed by atoms with Gasteiger partial charge in [-0.2, -0.15) is 0 Å². The molecule has 0 bridgehead atoms. The second-order valence-corrected chi connectivity index (χ2v) is 3.77. The normalized spacial score (nSPS) is 23.5. The molecule has 0 radical (unpaired) electrons. The van der Waals surface area contributed by atoms with Gasteiger partial charge in [-0.25, -0.2) is 0 Å². The summed E-state index contributed by atoms with van der Waals surface area (Å²) < 4.78 is 10.2. The van der Waals surface area contributed by atoms with Crippen molar-refractivity contribution in [3.8, 4) is 5.75 Å². The largest absolute Gasteiger partial charge is 0.468 e. The van der Waals surface area contributed by atoms with E-state index >= 15 is 0 Å². The lowest BCUT2D eigenvalue weighted by Gasteiger charge is -2.06. The topological polar surface area (TPSA) is 35.5 Å². The highest BCUT2D eigenvalue weighted by Crippen LogP contribution is 2.46. The van der Waals surface area contributed by atoms with Gasteiger partial charge in [0.15, 0.2) is 6.79 Å². The molecule has 1 aromatic carbocycles. The fourth-order valence-corrected chi connectivity index (χ4v) is 1.71. The summed E-state index contributed by atoms with van der Waals surface area (Å²) in [7, 11) is 1.59. The molecule has 0 aliphatic heterocycles. The molecule has 0 heterocycles. The summed E-state index contributed by atoms with van der Waals surface area (Å²) in [5, 5.41) is 0. The number of ether oxygens (including phenoxy) is 2. The molecular weight excluding hydrogens is 192 g/mol. The summed E-state index contributed by atoms with van der Waals surface area (Å²) in [6.45, 7) is 0.255. The third kappa shape index (κ3) is 2.36. The van der Waals surface area contributed by atoms with Crippen LogP contribution in [0.3, 0.4) is 0 Å². The van der Waals surface area contributed by atoms with Gasteiger partial charge >= 0.3 is 0 Å². The number of carbonyl (C=O) groups excluding carboxylic acids is 1. The Balaban J connectivity index is 2.03. The first kappa shape index (κ1) is 10.2. The van der Waals surface area contributed by atoms with Crippen LogP contribution in [0.2, 0.25) is 0 Å². The van der Waals surface area contributed by atoms with Gasteiger partial charge in [-0.3, -0.25) is 0 Å². The zero-order valence-electron chi connectivity index (χ0n) is 8.68. The van der Waals surface area contributed by atoms with Crippen LogP contribution in [-0.2, 0) is 9.53 Å². The molecule has 1 fully saturated rings. The highest BCUT2D eigenvalue weighted by molar-refractivity contribution is 5.61. The summed E-state index contributed by atoms with van der Waals surface area (Å²) >= 11 is 0. The number of rotatable bonds is 5. The predicted octanol–water partition coefficient (Wildman–Crippen LogP) is 1.97. The van der Waals surface area contributed by atoms with Gasteiger partial charge in [-0.1, -0.05) is 12.1 Å². The Morgan fingerprint density at radius 2 is 2.40 bits per heavy atom. The van der Waals surface area contributed by atoms with Crippen molar-refractivity contribution in [3.05, 3.63) is 29.8 Å². The van der Waals surface area contributed by atoms with Gasteiger partial charge in [-0.15, -0.1) is 0 Å². The van der Waals surface area contributed by atoms with E-state index in [0.29, 0.717) is 5.92 Å². The molecular formula is C12H14O3. The van der Waals surface area contributed by atoms with Gasteiger partial charge in [0.2, 0.25) is 0 Å². The smallest absolute Gasteiger partial charge is 0.188 e. The summed E-state index contributed by atoms with van der Waals surface area (Å²) in [6, 6.07) is 7.85. The Labute approximate surface area is 89.0 Å². The number of carbonyl (C=O) groups is 1. The second-order valence-electron chi connectivity index (χ2n) is 3.77. The van der Waals surface area contributed by atoms with Crippen LogP contribution in [0, 0.1) is 5.92 Å². The molecule has 1 saturated carbocycles. The Morgan fingerprint density at radius 1 is 1.53 bits per heavy atom. The zero-order chi connectivity index (χ0) is 10.7. The van der Waals surface area contributed by atoms with Crippen LogP contribution in [0.4, 0.5) is 0 Å². The molecule has 2 rings (SSSR count). The van der Waals surface area contributed by atoms with E-state index in [0.717, 1.165) is 18.5 Å². The molecule has 3 nitrogen and oxygen atoms in total. The zero-order valence-corrected chi connectivity index (χ0v) is 8.68. The molecule has 0 saturated heterocycles. The van der Waals surface area contributed by atoms with Crippen LogP contribution in [0.15, 0.2) is 24.3 Å². The van der Waals surface area contributed by atoms with Gasteiger partial charge < -0.3 is 14.3 Å². The van der Waals surface area contributed by atoms with E-state index in [1.807, 2.05) is 24.3 Å². The van der Waals surface area contributed by atoms with Crippen LogP contribution in [0.5, 0.6) is 5.75 Å². The SMILES string of the molecule is COCOc1cccc(C2CC2C=O)c1. The van der Waals surface area contributed by atoms with Crippen molar-refractivity contribution < 1.29 is 14.3 Å². The number of aldehydes is 1. The van der Waals surface area contributed by atoms with E-state index in [1.165, 1.54) is 5.56 Å². The highest BCUT2D eigenvalue weighted by atomic mass is 16.7. The molecule has 2 unspecified atom stereocenters. The number of methoxy groups -OCH3 is 1. The summed E-state index contributed by atoms with van der Waals surface area (Å²) in [5.41, 5.74) is 1.18. The summed E-state index contributed by atoms with van der Waals surface area (Å²) in [4.78, 5) is 10.6. The van der Waals surface area contributed by atoms with Crippen LogP contribution in [-0.4, -0.2) is 20.2 Å². The van der Waals surface area contributed by atoms with Crippen LogP contribution < -0.4 is 4.74 Å². The molecule has 2 atom stereocenters. The molecule has 1 aliphatic rings. The fraction of sp³-hybridized carbons (Fsp3) is 0.417. The molecule has 80 valence electrons. The van der Waals surface area contributed by atoms with Gasteiger partial charge in [0, 0.05) is 13.0 Å². The van der Waals surface area contributed by atoms with Crippen molar-refractivity contribution >= 4 is 6.29 Å². The van der Waals surface area contributed by atoms with Gasteiger partial charge in [0.25, 0.3) is 0 Å². The van der Waals surface area contributed by atoms with E-state index in [-0.39, 0.29) is 12.7 Å². The van der Waals surface area contributed by atoms with Crippen molar-refractivity contribution in [3.63, 3.8) is 0 Å². The molecule has 1 aromatic rings.